The lowest BCUT2D eigenvalue weighted by atomic mass is 10.4. The van der Waals surface area contributed by atoms with Gasteiger partial charge in [-0.05, 0) is 12.8 Å². The molecule has 0 aliphatic heterocycles. The monoisotopic (exact) mass is 282 g/mol. The van der Waals surface area contributed by atoms with E-state index in [2.05, 4.69) is 36.9 Å². The van der Waals surface area contributed by atoms with Crippen molar-refractivity contribution in [2.24, 2.45) is 0 Å². The van der Waals surface area contributed by atoms with Gasteiger partial charge < -0.3 is 9.47 Å². The third-order valence-corrected chi connectivity index (χ3v) is 2.00. The van der Waals surface area contributed by atoms with Crippen LogP contribution in [0.3, 0.4) is 0 Å². The number of hydrogen-bond acceptors (Lipinski definition) is 6. The molecular weight excluding hydrogens is 260 g/mol. The van der Waals surface area contributed by atoms with Crippen molar-refractivity contribution in [3.05, 3.63) is 0 Å². The van der Waals surface area contributed by atoms with E-state index in [1.165, 1.54) is 0 Å². The molecule has 0 amide bonds. The first-order valence-electron chi connectivity index (χ1n) is 5.65. The van der Waals surface area contributed by atoms with Crippen LogP contribution in [0.25, 0.3) is 0 Å². The van der Waals surface area contributed by atoms with E-state index in [1.54, 1.807) is 0 Å². The van der Waals surface area contributed by atoms with Gasteiger partial charge in [-0.1, -0.05) is 20.3 Å². The van der Waals surface area contributed by atoms with Gasteiger partial charge in [0, 0.05) is 0 Å². The van der Waals surface area contributed by atoms with Crippen molar-refractivity contribution in [2.45, 2.75) is 33.1 Å². The molecule has 0 spiro atoms. The molecule has 0 heterocycles. The molecule has 0 fully saturated rings. The van der Waals surface area contributed by atoms with E-state index in [0.717, 1.165) is 19.3 Å². The SMILES string of the molecule is CCCCOC(=O)CS.CCCOC(=O)CS. The van der Waals surface area contributed by atoms with Crippen LogP contribution in [0.5, 0.6) is 0 Å². The lowest BCUT2D eigenvalue weighted by Crippen LogP contribution is -2.06. The van der Waals surface area contributed by atoms with Gasteiger partial charge in [-0.3, -0.25) is 9.59 Å². The first-order valence-corrected chi connectivity index (χ1v) is 6.91. The van der Waals surface area contributed by atoms with E-state index in [4.69, 9.17) is 4.74 Å². The summed E-state index contributed by atoms with van der Waals surface area (Å²) in [5, 5.41) is 0. The average molecular weight is 282 g/mol. The smallest absolute Gasteiger partial charge is 0.315 e. The molecule has 0 rings (SSSR count). The first-order chi connectivity index (χ1) is 8.12. The van der Waals surface area contributed by atoms with Crippen LogP contribution in [0.2, 0.25) is 0 Å². The molecule has 0 atom stereocenters. The van der Waals surface area contributed by atoms with Crippen molar-refractivity contribution in [1.29, 1.82) is 0 Å². The second-order valence-corrected chi connectivity index (χ2v) is 3.74. The summed E-state index contributed by atoms with van der Waals surface area (Å²) in [5.74, 6) is -0.106. The summed E-state index contributed by atoms with van der Waals surface area (Å²) in [6.45, 7) is 5.05. The van der Waals surface area contributed by atoms with Crippen molar-refractivity contribution in [1.82, 2.24) is 0 Å². The minimum absolute atomic E-state index is 0.181. The highest BCUT2D eigenvalue weighted by molar-refractivity contribution is 7.81. The molecule has 0 bridgehead atoms. The number of ether oxygens (including phenoxy) is 2. The fourth-order valence-electron chi connectivity index (χ4n) is 0.638. The number of esters is 2. The van der Waals surface area contributed by atoms with E-state index in [0.29, 0.717) is 13.2 Å². The number of hydrogen-bond donors (Lipinski definition) is 2. The van der Waals surface area contributed by atoms with E-state index in [1.807, 2.05) is 6.92 Å². The Morgan fingerprint density at radius 1 is 0.882 bits per heavy atom. The highest BCUT2D eigenvalue weighted by atomic mass is 32.1. The van der Waals surface area contributed by atoms with E-state index in [-0.39, 0.29) is 23.4 Å². The fourth-order valence-corrected chi connectivity index (χ4v) is 0.820. The molecule has 0 N–H and O–H groups in total. The second-order valence-electron chi connectivity index (χ2n) is 3.11. The molecule has 6 heteroatoms. The molecule has 0 aliphatic rings. The van der Waals surface area contributed by atoms with Crippen molar-refractivity contribution >= 4 is 37.2 Å². The summed E-state index contributed by atoms with van der Waals surface area (Å²) < 4.78 is 9.34. The molecule has 0 aromatic heterocycles. The summed E-state index contributed by atoms with van der Waals surface area (Å²) in [5.41, 5.74) is 0. The minimum atomic E-state index is -0.241. The van der Waals surface area contributed by atoms with Crippen LogP contribution in [0.1, 0.15) is 33.1 Å². The van der Waals surface area contributed by atoms with Gasteiger partial charge >= 0.3 is 11.9 Å². The third kappa shape index (κ3) is 18.2. The Morgan fingerprint density at radius 3 is 1.71 bits per heavy atom. The largest absolute Gasteiger partial charge is 0.465 e. The Kier molecular flexibility index (Phi) is 17.5. The summed E-state index contributed by atoms with van der Waals surface area (Å²) >= 11 is 7.46. The van der Waals surface area contributed by atoms with Crippen LogP contribution in [0.15, 0.2) is 0 Å². The van der Waals surface area contributed by atoms with Crippen LogP contribution in [0.4, 0.5) is 0 Å². The average Bonchev–Trinajstić information content (AvgIpc) is 2.36. The van der Waals surface area contributed by atoms with Gasteiger partial charge in [0.05, 0.1) is 24.7 Å². The first kappa shape index (κ1) is 19.0. The predicted octanol–water partition coefficient (Wildman–Crippen LogP) is 2.13. The summed E-state index contributed by atoms with van der Waals surface area (Å²) in [6.07, 6.45) is 2.87. The maximum atomic E-state index is 10.4. The molecule has 0 radical (unpaired) electrons. The molecule has 0 aromatic rings. The normalized spacial score (nSPS) is 8.94. The summed E-state index contributed by atoms with van der Waals surface area (Å²) in [4.78, 5) is 20.7. The highest BCUT2D eigenvalue weighted by Gasteiger charge is 1.95. The molecule has 17 heavy (non-hydrogen) atoms. The number of rotatable bonds is 7. The lowest BCUT2D eigenvalue weighted by molar-refractivity contribution is -0.141. The van der Waals surface area contributed by atoms with E-state index >= 15 is 0 Å². The van der Waals surface area contributed by atoms with Crippen molar-refractivity contribution in [3.8, 4) is 0 Å². The zero-order valence-electron chi connectivity index (χ0n) is 10.5. The van der Waals surface area contributed by atoms with Gasteiger partial charge in [-0.15, -0.1) is 0 Å². The summed E-state index contributed by atoms with van der Waals surface area (Å²) in [6, 6.07) is 0. The maximum Gasteiger partial charge on any atom is 0.315 e. The van der Waals surface area contributed by atoms with Crippen molar-refractivity contribution < 1.29 is 19.1 Å². The minimum Gasteiger partial charge on any atom is -0.465 e. The highest BCUT2D eigenvalue weighted by Crippen LogP contribution is 1.89. The zero-order chi connectivity index (χ0) is 13.5. The Balaban J connectivity index is 0. The predicted molar refractivity (Wildman–Crippen MR) is 74.8 cm³/mol. The molecule has 4 nitrogen and oxygen atoms in total. The van der Waals surface area contributed by atoms with Crippen molar-refractivity contribution in [2.75, 3.05) is 24.7 Å². The Bertz CT molecular complexity index is 198. The Morgan fingerprint density at radius 2 is 1.35 bits per heavy atom. The standard InChI is InChI=1S/C6H12O2S.C5H10O2S/c1-2-3-4-8-6(7)5-9;1-2-3-7-5(6)4-8/h9H,2-5H2,1H3;8H,2-4H2,1H3. The van der Waals surface area contributed by atoms with Gasteiger partial charge in [0.2, 0.25) is 0 Å². The van der Waals surface area contributed by atoms with Gasteiger partial charge in [0.15, 0.2) is 0 Å². The second kappa shape index (κ2) is 15.6. The fraction of sp³-hybridized carbons (Fsp3) is 0.818. The third-order valence-electron chi connectivity index (χ3n) is 1.49. The summed E-state index contributed by atoms with van der Waals surface area (Å²) in [7, 11) is 0. The number of carbonyl (C=O) groups excluding carboxylic acids is 2. The van der Waals surface area contributed by atoms with E-state index < -0.39 is 0 Å². The lowest BCUT2D eigenvalue weighted by Gasteiger charge is -1.98. The Hall–Kier alpha value is -0.360. The van der Waals surface area contributed by atoms with Gasteiger partial charge in [-0.2, -0.15) is 25.3 Å². The van der Waals surface area contributed by atoms with Crippen LogP contribution in [-0.4, -0.2) is 36.7 Å². The molecule has 0 saturated carbocycles. The molecule has 102 valence electrons. The molecule has 0 unspecified atom stereocenters. The molecule has 0 aromatic carbocycles. The van der Waals surface area contributed by atoms with E-state index in [9.17, 15) is 9.59 Å². The topological polar surface area (TPSA) is 52.6 Å². The number of carbonyl (C=O) groups is 2. The Labute approximate surface area is 114 Å². The maximum absolute atomic E-state index is 10.4. The van der Waals surface area contributed by atoms with Crippen LogP contribution in [-0.2, 0) is 19.1 Å². The zero-order valence-corrected chi connectivity index (χ0v) is 12.3. The molecule has 0 saturated heterocycles. The number of unbranched alkanes of at least 4 members (excludes halogenated alkanes) is 1. The van der Waals surface area contributed by atoms with Gasteiger partial charge in [0.25, 0.3) is 0 Å². The van der Waals surface area contributed by atoms with Crippen LogP contribution >= 0.6 is 25.3 Å². The van der Waals surface area contributed by atoms with Crippen LogP contribution < -0.4 is 0 Å². The molecular formula is C11H22O4S2. The van der Waals surface area contributed by atoms with Gasteiger partial charge in [-0.25, -0.2) is 0 Å². The van der Waals surface area contributed by atoms with Crippen molar-refractivity contribution in [3.63, 3.8) is 0 Å². The quantitative estimate of drug-likeness (QED) is 0.427. The number of thiol groups is 2. The van der Waals surface area contributed by atoms with Gasteiger partial charge in [0.1, 0.15) is 0 Å². The van der Waals surface area contributed by atoms with Crippen LogP contribution in [0, 0.1) is 0 Å². The molecule has 0 aliphatic carbocycles.